The standard InChI is InChI=1S/C12H23NO2/c13-12(15)10-8-6-4-2-1-3-5-7-9-11-14/h11H,1-10H2,(H2,13,15). The van der Waals surface area contributed by atoms with Gasteiger partial charge in [0, 0.05) is 12.8 Å². The van der Waals surface area contributed by atoms with Crippen LogP contribution in [0, 0.1) is 0 Å². The van der Waals surface area contributed by atoms with Crippen LogP contribution in [0.1, 0.15) is 64.2 Å². The monoisotopic (exact) mass is 213 g/mol. The summed E-state index contributed by atoms with van der Waals surface area (Å²) in [5.41, 5.74) is 5.03. The number of amides is 1. The molecular weight excluding hydrogens is 190 g/mol. The fourth-order valence-electron chi connectivity index (χ4n) is 1.59. The van der Waals surface area contributed by atoms with Crippen LogP contribution in [-0.4, -0.2) is 12.2 Å². The van der Waals surface area contributed by atoms with Gasteiger partial charge in [0.2, 0.25) is 5.91 Å². The van der Waals surface area contributed by atoms with Crippen LogP contribution in [0.3, 0.4) is 0 Å². The molecule has 0 rings (SSSR count). The maximum absolute atomic E-state index is 10.4. The summed E-state index contributed by atoms with van der Waals surface area (Å²) in [4.78, 5) is 20.5. The Morgan fingerprint density at radius 1 is 0.867 bits per heavy atom. The molecule has 0 aromatic carbocycles. The van der Waals surface area contributed by atoms with Crippen molar-refractivity contribution in [3.05, 3.63) is 0 Å². The Balaban J connectivity index is 2.92. The molecule has 0 aromatic rings. The zero-order chi connectivity index (χ0) is 11.4. The average Bonchev–Trinajstić information content (AvgIpc) is 2.20. The van der Waals surface area contributed by atoms with E-state index in [1.165, 1.54) is 32.1 Å². The van der Waals surface area contributed by atoms with Crippen LogP contribution < -0.4 is 5.73 Å². The van der Waals surface area contributed by atoms with Crippen molar-refractivity contribution in [2.75, 3.05) is 0 Å². The largest absolute Gasteiger partial charge is 0.370 e. The molecule has 0 aliphatic rings. The van der Waals surface area contributed by atoms with Gasteiger partial charge in [-0.2, -0.15) is 0 Å². The normalized spacial score (nSPS) is 10.1. The van der Waals surface area contributed by atoms with Crippen molar-refractivity contribution in [2.24, 2.45) is 5.73 Å². The number of hydrogen-bond donors (Lipinski definition) is 1. The minimum Gasteiger partial charge on any atom is -0.370 e. The molecule has 0 aliphatic carbocycles. The minimum atomic E-state index is -0.191. The third-order valence-corrected chi connectivity index (χ3v) is 2.50. The molecule has 0 atom stereocenters. The summed E-state index contributed by atoms with van der Waals surface area (Å²) < 4.78 is 0. The van der Waals surface area contributed by atoms with E-state index in [1.54, 1.807) is 0 Å². The SMILES string of the molecule is NC(=O)CCCCCCCCCCC=O. The van der Waals surface area contributed by atoms with Crippen LogP contribution in [0.2, 0.25) is 0 Å². The van der Waals surface area contributed by atoms with Crippen molar-refractivity contribution >= 4 is 12.2 Å². The van der Waals surface area contributed by atoms with E-state index in [9.17, 15) is 9.59 Å². The molecule has 0 spiro atoms. The van der Waals surface area contributed by atoms with Crippen molar-refractivity contribution in [3.8, 4) is 0 Å². The summed E-state index contributed by atoms with van der Waals surface area (Å²) in [6.45, 7) is 0. The quantitative estimate of drug-likeness (QED) is 0.423. The van der Waals surface area contributed by atoms with E-state index in [0.717, 1.165) is 25.5 Å². The lowest BCUT2D eigenvalue weighted by Crippen LogP contribution is -2.09. The van der Waals surface area contributed by atoms with E-state index in [0.29, 0.717) is 12.8 Å². The van der Waals surface area contributed by atoms with E-state index in [2.05, 4.69) is 0 Å². The second-order valence-corrected chi connectivity index (χ2v) is 4.00. The molecule has 3 nitrogen and oxygen atoms in total. The molecule has 0 unspecified atom stereocenters. The first-order valence-corrected chi connectivity index (χ1v) is 5.99. The van der Waals surface area contributed by atoms with Gasteiger partial charge < -0.3 is 10.5 Å². The fourth-order valence-corrected chi connectivity index (χ4v) is 1.59. The zero-order valence-electron chi connectivity index (χ0n) is 9.54. The van der Waals surface area contributed by atoms with E-state index in [4.69, 9.17) is 5.73 Å². The smallest absolute Gasteiger partial charge is 0.217 e. The summed E-state index contributed by atoms with van der Waals surface area (Å²) >= 11 is 0. The van der Waals surface area contributed by atoms with Crippen LogP contribution in [0.5, 0.6) is 0 Å². The zero-order valence-corrected chi connectivity index (χ0v) is 9.54. The molecule has 0 fully saturated rings. The molecule has 0 saturated heterocycles. The van der Waals surface area contributed by atoms with Gasteiger partial charge in [0.25, 0.3) is 0 Å². The topological polar surface area (TPSA) is 60.2 Å². The van der Waals surface area contributed by atoms with Crippen LogP contribution >= 0.6 is 0 Å². The molecule has 0 bridgehead atoms. The van der Waals surface area contributed by atoms with Gasteiger partial charge in [-0.05, 0) is 12.8 Å². The summed E-state index contributed by atoms with van der Waals surface area (Å²) in [5.74, 6) is -0.191. The highest BCUT2D eigenvalue weighted by Crippen LogP contribution is 2.09. The Kier molecular flexibility index (Phi) is 10.6. The minimum absolute atomic E-state index is 0.191. The van der Waals surface area contributed by atoms with Gasteiger partial charge in [0.15, 0.2) is 0 Å². The van der Waals surface area contributed by atoms with Gasteiger partial charge in [0.1, 0.15) is 6.29 Å². The Morgan fingerprint density at radius 3 is 1.80 bits per heavy atom. The van der Waals surface area contributed by atoms with Gasteiger partial charge in [-0.3, -0.25) is 4.79 Å². The number of hydrogen-bond acceptors (Lipinski definition) is 2. The molecule has 15 heavy (non-hydrogen) atoms. The summed E-state index contributed by atoms with van der Waals surface area (Å²) in [6, 6.07) is 0. The predicted molar refractivity (Wildman–Crippen MR) is 61.4 cm³/mol. The summed E-state index contributed by atoms with van der Waals surface area (Å²) in [6.07, 6.45) is 11.4. The molecule has 0 saturated carbocycles. The van der Waals surface area contributed by atoms with E-state index in [1.807, 2.05) is 0 Å². The second-order valence-electron chi connectivity index (χ2n) is 4.00. The molecule has 0 heterocycles. The number of primary amides is 1. The van der Waals surface area contributed by atoms with Crippen molar-refractivity contribution in [3.63, 3.8) is 0 Å². The molecule has 0 radical (unpaired) electrons. The Labute approximate surface area is 92.4 Å². The van der Waals surface area contributed by atoms with E-state index in [-0.39, 0.29) is 5.91 Å². The van der Waals surface area contributed by atoms with Crippen LogP contribution in [0.15, 0.2) is 0 Å². The lowest BCUT2D eigenvalue weighted by molar-refractivity contribution is -0.118. The third kappa shape index (κ3) is 13.1. The molecule has 0 aromatic heterocycles. The van der Waals surface area contributed by atoms with Gasteiger partial charge in [0.05, 0.1) is 0 Å². The maximum Gasteiger partial charge on any atom is 0.217 e. The van der Waals surface area contributed by atoms with Gasteiger partial charge >= 0.3 is 0 Å². The molecule has 2 N–H and O–H groups in total. The Hall–Kier alpha value is -0.860. The van der Waals surface area contributed by atoms with Crippen LogP contribution in [0.4, 0.5) is 0 Å². The lowest BCUT2D eigenvalue weighted by atomic mass is 10.1. The fraction of sp³-hybridized carbons (Fsp3) is 0.833. The lowest BCUT2D eigenvalue weighted by Gasteiger charge is -2.00. The average molecular weight is 213 g/mol. The number of nitrogens with two attached hydrogens (primary N) is 1. The number of aldehydes is 1. The summed E-state index contributed by atoms with van der Waals surface area (Å²) in [7, 11) is 0. The van der Waals surface area contributed by atoms with Crippen molar-refractivity contribution in [2.45, 2.75) is 64.2 Å². The second kappa shape index (κ2) is 11.2. The molecule has 1 amide bonds. The van der Waals surface area contributed by atoms with Crippen molar-refractivity contribution in [1.29, 1.82) is 0 Å². The Bertz CT molecular complexity index is 169. The number of carbonyl (C=O) groups excluding carboxylic acids is 2. The highest BCUT2D eigenvalue weighted by molar-refractivity contribution is 5.73. The first-order valence-electron chi connectivity index (χ1n) is 5.99. The number of rotatable bonds is 11. The highest BCUT2D eigenvalue weighted by atomic mass is 16.1. The molecule has 88 valence electrons. The molecule has 0 aliphatic heterocycles. The molecule has 3 heteroatoms. The van der Waals surface area contributed by atoms with Crippen LogP contribution in [0.25, 0.3) is 0 Å². The van der Waals surface area contributed by atoms with E-state index >= 15 is 0 Å². The van der Waals surface area contributed by atoms with Gasteiger partial charge in [-0.25, -0.2) is 0 Å². The van der Waals surface area contributed by atoms with E-state index < -0.39 is 0 Å². The first kappa shape index (κ1) is 14.1. The van der Waals surface area contributed by atoms with Crippen molar-refractivity contribution in [1.82, 2.24) is 0 Å². The number of carbonyl (C=O) groups is 2. The highest BCUT2D eigenvalue weighted by Gasteiger charge is 1.95. The third-order valence-electron chi connectivity index (χ3n) is 2.50. The Morgan fingerprint density at radius 2 is 1.33 bits per heavy atom. The van der Waals surface area contributed by atoms with Crippen LogP contribution in [-0.2, 0) is 9.59 Å². The van der Waals surface area contributed by atoms with Crippen molar-refractivity contribution < 1.29 is 9.59 Å². The molecular formula is C12H23NO2. The number of unbranched alkanes of at least 4 members (excludes halogenated alkanes) is 8. The summed E-state index contributed by atoms with van der Waals surface area (Å²) in [5, 5.41) is 0. The van der Waals surface area contributed by atoms with Gasteiger partial charge in [-0.15, -0.1) is 0 Å². The first-order chi connectivity index (χ1) is 7.27. The predicted octanol–water partition coefficient (Wildman–Crippen LogP) is 2.57. The van der Waals surface area contributed by atoms with Gasteiger partial charge in [-0.1, -0.05) is 38.5 Å². The maximum atomic E-state index is 10.4.